The first-order valence-corrected chi connectivity index (χ1v) is 7.34. The fraction of sp³-hybridized carbons (Fsp3) is 0.364. The molecule has 0 saturated heterocycles. The summed E-state index contributed by atoms with van der Waals surface area (Å²) in [7, 11) is -4.24. The van der Waals surface area contributed by atoms with Gasteiger partial charge in [-0.15, -0.1) is 0 Å². The summed E-state index contributed by atoms with van der Waals surface area (Å²) in [6.45, 7) is 1.72. The highest BCUT2D eigenvalue weighted by Gasteiger charge is 2.26. The Hall–Kier alpha value is -1.18. The van der Waals surface area contributed by atoms with Crippen LogP contribution in [0.1, 0.15) is 19.8 Å². The monoisotopic (exact) mass is 309 g/mol. The predicted molar refractivity (Wildman–Crippen MR) is 68.1 cm³/mol. The molecular formula is C11H13ClFNO4S. The maximum absolute atomic E-state index is 13.5. The number of halogens is 2. The second-order valence-electron chi connectivity index (χ2n) is 3.88. The molecule has 0 radical (unpaired) electrons. The molecule has 0 bridgehead atoms. The third kappa shape index (κ3) is 4.15. The zero-order chi connectivity index (χ0) is 14.6. The molecule has 0 heterocycles. The second kappa shape index (κ2) is 6.31. The Kier molecular flexibility index (Phi) is 5.28. The molecule has 0 fully saturated rings. The molecule has 8 heteroatoms. The van der Waals surface area contributed by atoms with Gasteiger partial charge in [0.1, 0.15) is 16.8 Å². The first kappa shape index (κ1) is 15.9. The molecule has 1 rings (SSSR count). The second-order valence-corrected chi connectivity index (χ2v) is 5.99. The lowest BCUT2D eigenvalue weighted by molar-refractivity contribution is -0.139. The number of hydrogen-bond acceptors (Lipinski definition) is 3. The third-order valence-corrected chi connectivity index (χ3v) is 4.10. The van der Waals surface area contributed by atoms with Gasteiger partial charge in [-0.2, -0.15) is 4.72 Å². The average molecular weight is 310 g/mol. The minimum Gasteiger partial charge on any atom is -0.480 e. The normalized spacial score (nSPS) is 13.2. The number of sulfonamides is 1. The van der Waals surface area contributed by atoms with E-state index in [1.807, 2.05) is 4.72 Å². The van der Waals surface area contributed by atoms with E-state index in [9.17, 15) is 17.6 Å². The van der Waals surface area contributed by atoms with Gasteiger partial charge in [0, 0.05) is 5.02 Å². The zero-order valence-electron chi connectivity index (χ0n) is 10.1. The molecule has 0 saturated carbocycles. The molecule has 1 atom stereocenters. The molecule has 0 aliphatic rings. The molecule has 5 nitrogen and oxygen atoms in total. The summed E-state index contributed by atoms with van der Waals surface area (Å²) in [5, 5.41) is 8.94. The van der Waals surface area contributed by atoms with Gasteiger partial charge in [0.2, 0.25) is 10.0 Å². The van der Waals surface area contributed by atoms with Crippen molar-refractivity contribution in [2.75, 3.05) is 0 Å². The van der Waals surface area contributed by atoms with Crippen LogP contribution in [0.25, 0.3) is 0 Å². The number of carboxylic acids is 1. The molecule has 19 heavy (non-hydrogen) atoms. The summed E-state index contributed by atoms with van der Waals surface area (Å²) in [6.07, 6.45) is 0.590. The summed E-state index contributed by atoms with van der Waals surface area (Å²) < 4.78 is 39.3. The Morgan fingerprint density at radius 3 is 2.63 bits per heavy atom. The first-order chi connectivity index (χ1) is 8.77. The van der Waals surface area contributed by atoms with Crippen LogP contribution in [0.3, 0.4) is 0 Å². The van der Waals surface area contributed by atoms with E-state index < -0.39 is 32.7 Å². The Morgan fingerprint density at radius 1 is 1.53 bits per heavy atom. The fourth-order valence-electron chi connectivity index (χ4n) is 1.47. The Bertz CT molecular complexity index is 576. The van der Waals surface area contributed by atoms with Gasteiger partial charge in [0.05, 0.1) is 0 Å². The van der Waals surface area contributed by atoms with Crippen molar-refractivity contribution in [1.82, 2.24) is 4.72 Å². The molecule has 1 unspecified atom stereocenters. The third-order valence-electron chi connectivity index (χ3n) is 2.36. The average Bonchev–Trinajstić information content (AvgIpc) is 2.27. The van der Waals surface area contributed by atoms with Crippen LogP contribution in [0.2, 0.25) is 5.02 Å². The minimum absolute atomic E-state index is 0.0554. The van der Waals surface area contributed by atoms with Crippen LogP contribution < -0.4 is 4.72 Å². The van der Waals surface area contributed by atoms with Gasteiger partial charge in [0.15, 0.2) is 0 Å². The molecule has 0 aliphatic heterocycles. The van der Waals surface area contributed by atoms with Gasteiger partial charge in [-0.3, -0.25) is 4.79 Å². The van der Waals surface area contributed by atoms with Crippen molar-refractivity contribution in [3.8, 4) is 0 Å². The van der Waals surface area contributed by atoms with Crippen molar-refractivity contribution < 1.29 is 22.7 Å². The molecule has 0 aliphatic carbocycles. The highest BCUT2D eigenvalue weighted by atomic mass is 35.5. The van der Waals surface area contributed by atoms with Crippen molar-refractivity contribution in [3.63, 3.8) is 0 Å². The first-order valence-electron chi connectivity index (χ1n) is 5.48. The van der Waals surface area contributed by atoms with Gasteiger partial charge in [-0.1, -0.05) is 24.9 Å². The maximum atomic E-state index is 13.5. The van der Waals surface area contributed by atoms with Crippen molar-refractivity contribution in [2.45, 2.75) is 30.7 Å². The number of hydrogen-bond donors (Lipinski definition) is 2. The van der Waals surface area contributed by atoms with Crippen LogP contribution in [0, 0.1) is 5.82 Å². The van der Waals surface area contributed by atoms with E-state index in [4.69, 9.17) is 16.7 Å². The highest BCUT2D eigenvalue weighted by molar-refractivity contribution is 7.89. The SMILES string of the molecule is CCCC(NS(=O)(=O)c1ccc(Cl)cc1F)C(=O)O. The van der Waals surface area contributed by atoms with Gasteiger partial charge in [0.25, 0.3) is 0 Å². The lowest BCUT2D eigenvalue weighted by Crippen LogP contribution is -2.40. The van der Waals surface area contributed by atoms with Crippen LogP contribution in [0.5, 0.6) is 0 Å². The topological polar surface area (TPSA) is 83.5 Å². The summed E-state index contributed by atoms with van der Waals surface area (Å²) >= 11 is 5.52. The van der Waals surface area contributed by atoms with E-state index in [1.165, 1.54) is 6.07 Å². The van der Waals surface area contributed by atoms with E-state index in [1.54, 1.807) is 6.92 Å². The van der Waals surface area contributed by atoms with Crippen molar-refractivity contribution >= 4 is 27.6 Å². The fourth-order valence-corrected chi connectivity index (χ4v) is 2.91. The maximum Gasteiger partial charge on any atom is 0.321 e. The molecule has 2 N–H and O–H groups in total. The summed E-state index contributed by atoms with van der Waals surface area (Å²) in [5.41, 5.74) is 0. The summed E-state index contributed by atoms with van der Waals surface area (Å²) in [6, 6.07) is 1.77. The van der Waals surface area contributed by atoms with Crippen molar-refractivity contribution in [2.24, 2.45) is 0 Å². The van der Waals surface area contributed by atoms with E-state index >= 15 is 0 Å². The lowest BCUT2D eigenvalue weighted by Gasteiger charge is -2.14. The van der Waals surface area contributed by atoms with Gasteiger partial charge >= 0.3 is 5.97 Å². The van der Waals surface area contributed by atoms with Crippen LogP contribution >= 0.6 is 11.6 Å². The minimum atomic E-state index is -4.24. The van der Waals surface area contributed by atoms with Gasteiger partial charge < -0.3 is 5.11 Å². The lowest BCUT2D eigenvalue weighted by atomic mass is 10.2. The van der Waals surface area contributed by atoms with Crippen LogP contribution in [-0.2, 0) is 14.8 Å². The molecule has 1 aromatic carbocycles. The molecule has 0 spiro atoms. The summed E-state index contributed by atoms with van der Waals surface area (Å²) in [5.74, 6) is -2.33. The van der Waals surface area contributed by atoms with Gasteiger partial charge in [-0.05, 0) is 24.6 Å². The number of aliphatic carboxylic acids is 1. The molecule has 0 aromatic heterocycles. The Labute approximate surface area is 115 Å². The molecule has 1 aromatic rings. The number of nitrogens with one attached hydrogen (secondary N) is 1. The van der Waals surface area contributed by atoms with E-state index in [0.29, 0.717) is 6.42 Å². The van der Waals surface area contributed by atoms with Crippen LogP contribution in [-0.4, -0.2) is 25.5 Å². The van der Waals surface area contributed by atoms with Crippen molar-refractivity contribution in [1.29, 1.82) is 0 Å². The standard InChI is InChI=1S/C11H13ClFNO4S/c1-2-3-9(11(15)16)14-19(17,18)10-5-4-7(12)6-8(10)13/h4-6,9,14H,2-3H2,1H3,(H,15,16). The molecule has 0 amide bonds. The Morgan fingerprint density at radius 2 is 2.16 bits per heavy atom. The van der Waals surface area contributed by atoms with E-state index in [-0.39, 0.29) is 11.4 Å². The molecular weight excluding hydrogens is 297 g/mol. The van der Waals surface area contributed by atoms with E-state index in [0.717, 1.165) is 12.1 Å². The smallest absolute Gasteiger partial charge is 0.321 e. The van der Waals surface area contributed by atoms with E-state index in [2.05, 4.69) is 0 Å². The number of carbonyl (C=O) groups is 1. The highest BCUT2D eigenvalue weighted by Crippen LogP contribution is 2.19. The van der Waals surface area contributed by atoms with Crippen LogP contribution in [0.4, 0.5) is 4.39 Å². The van der Waals surface area contributed by atoms with Crippen molar-refractivity contribution in [3.05, 3.63) is 29.0 Å². The predicted octanol–water partition coefficient (Wildman–Crippen LogP) is 2.01. The molecule has 106 valence electrons. The zero-order valence-corrected chi connectivity index (χ0v) is 11.6. The number of benzene rings is 1. The van der Waals surface area contributed by atoms with Gasteiger partial charge in [-0.25, -0.2) is 12.8 Å². The van der Waals surface area contributed by atoms with Crippen LogP contribution in [0.15, 0.2) is 23.1 Å². The Balaban J connectivity index is 3.06. The number of carboxylic acid groups (broad SMARTS) is 1. The number of rotatable bonds is 6. The largest absolute Gasteiger partial charge is 0.480 e. The quantitative estimate of drug-likeness (QED) is 0.842. The summed E-state index contributed by atoms with van der Waals surface area (Å²) in [4.78, 5) is 10.3.